The average Bonchev–Trinajstić information content (AvgIpc) is 2.82. The second kappa shape index (κ2) is 5.48. The molecular weight excluding hydrogens is 292 g/mol. The lowest BCUT2D eigenvalue weighted by Gasteiger charge is -2.08. The van der Waals surface area contributed by atoms with E-state index in [2.05, 4.69) is 34.9 Å². The number of halogens is 1. The molecule has 94 valence electrons. The highest BCUT2D eigenvalue weighted by Gasteiger charge is 2.13. The Morgan fingerprint density at radius 3 is 2.89 bits per heavy atom. The third-order valence-corrected chi connectivity index (χ3v) is 3.52. The smallest absolute Gasteiger partial charge is 0.153 e. The number of benzene rings is 1. The lowest BCUT2D eigenvalue weighted by molar-refractivity contribution is 0.112. The molecule has 0 saturated carbocycles. The zero-order valence-corrected chi connectivity index (χ0v) is 12.0. The Morgan fingerprint density at radius 2 is 2.28 bits per heavy atom. The first-order valence-corrected chi connectivity index (χ1v) is 6.75. The highest BCUT2D eigenvalue weighted by Crippen LogP contribution is 2.25. The third kappa shape index (κ3) is 2.53. The van der Waals surface area contributed by atoms with Gasteiger partial charge in [-0.1, -0.05) is 35.0 Å². The van der Waals surface area contributed by atoms with E-state index in [1.807, 2.05) is 35.1 Å². The van der Waals surface area contributed by atoms with Crippen LogP contribution in [0, 0.1) is 0 Å². The van der Waals surface area contributed by atoms with E-state index in [1.165, 1.54) is 0 Å². The van der Waals surface area contributed by atoms with Crippen LogP contribution in [0.15, 0.2) is 34.9 Å². The van der Waals surface area contributed by atoms with Gasteiger partial charge in [0.2, 0.25) is 0 Å². The normalized spacial score (nSPS) is 12.4. The van der Waals surface area contributed by atoms with Crippen LogP contribution in [0.2, 0.25) is 0 Å². The topological polar surface area (TPSA) is 34.9 Å². The minimum Gasteiger partial charge on any atom is -0.298 e. The monoisotopic (exact) mass is 306 g/mol. The fourth-order valence-corrected chi connectivity index (χ4v) is 2.16. The van der Waals surface area contributed by atoms with Crippen molar-refractivity contribution in [3.8, 4) is 11.3 Å². The molecule has 1 heterocycles. The summed E-state index contributed by atoms with van der Waals surface area (Å²) in [7, 11) is 0. The Morgan fingerprint density at radius 1 is 1.50 bits per heavy atom. The molecule has 0 aliphatic rings. The number of hydrogen-bond acceptors (Lipinski definition) is 2. The molecule has 1 atom stereocenters. The molecule has 1 aromatic heterocycles. The van der Waals surface area contributed by atoms with Crippen molar-refractivity contribution in [3.05, 3.63) is 40.5 Å². The maximum atomic E-state index is 11.1. The molecule has 0 amide bonds. The van der Waals surface area contributed by atoms with Gasteiger partial charge in [-0.25, -0.2) is 0 Å². The van der Waals surface area contributed by atoms with E-state index in [1.54, 1.807) is 0 Å². The molecule has 18 heavy (non-hydrogen) atoms. The maximum Gasteiger partial charge on any atom is 0.153 e. The summed E-state index contributed by atoms with van der Waals surface area (Å²) < 4.78 is 2.84. The summed E-state index contributed by atoms with van der Waals surface area (Å²) in [5.41, 5.74) is 2.33. The predicted octanol–water partition coefficient (Wildman–Crippen LogP) is 4.10. The summed E-state index contributed by atoms with van der Waals surface area (Å²) >= 11 is 3.43. The van der Waals surface area contributed by atoms with Crippen LogP contribution in [0.4, 0.5) is 0 Å². The van der Waals surface area contributed by atoms with E-state index in [4.69, 9.17) is 0 Å². The van der Waals surface area contributed by atoms with Gasteiger partial charge < -0.3 is 0 Å². The molecule has 1 unspecified atom stereocenters. The Balaban J connectivity index is 2.50. The molecule has 3 nitrogen and oxygen atoms in total. The SMILES string of the molecule is CCC(C)n1cc(C=O)c(-c2cccc(Br)c2)n1. The van der Waals surface area contributed by atoms with Crippen LogP contribution in [0.5, 0.6) is 0 Å². The van der Waals surface area contributed by atoms with Gasteiger partial charge in [-0.2, -0.15) is 5.10 Å². The number of carbonyl (C=O) groups is 1. The van der Waals surface area contributed by atoms with Gasteiger partial charge in [-0.3, -0.25) is 9.48 Å². The lowest BCUT2D eigenvalue weighted by Crippen LogP contribution is -2.04. The zero-order chi connectivity index (χ0) is 13.1. The third-order valence-electron chi connectivity index (χ3n) is 3.03. The van der Waals surface area contributed by atoms with Gasteiger partial charge in [0.25, 0.3) is 0 Å². The van der Waals surface area contributed by atoms with Crippen LogP contribution >= 0.6 is 15.9 Å². The van der Waals surface area contributed by atoms with Crippen molar-refractivity contribution in [3.63, 3.8) is 0 Å². The first kappa shape index (κ1) is 13.0. The maximum absolute atomic E-state index is 11.1. The van der Waals surface area contributed by atoms with Crippen molar-refractivity contribution in [2.24, 2.45) is 0 Å². The second-order valence-electron chi connectivity index (χ2n) is 4.30. The van der Waals surface area contributed by atoms with Crippen molar-refractivity contribution in [2.45, 2.75) is 26.3 Å². The molecule has 4 heteroatoms. The Labute approximate surface area is 115 Å². The fourth-order valence-electron chi connectivity index (χ4n) is 1.76. The molecule has 1 aromatic carbocycles. The summed E-state index contributed by atoms with van der Waals surface area (Å²) in [6.45, 7) is 4.19. The fraction of sp³-hybridized carbons (Fsp3) is 0.286. The number of hydrogen-bond donors (Lipinski definition) is 0. The Bertz CT molecular complexity index is 563. The minimum atomic E-state index is 0.296. The van der Waals surface area contributed by atoms with Crippen molar-refractivity contribution < 1.29 is 4.79 Å². The highest BCUT2D eigenvalue weighted by atomic mass is 79.9. The summed E-state index contributed by atoms with van der Waals surface area (Å²) in [5, 5.41) is 4.53. The molecule has 0 spiro atoms. The van der Waals surface area contributed by atoms with Gasteiger partial charge in [0.1, 0.15) is 5.69 Å². The van der Waals surface area contributed by atoms with Gasteiger partial charge in [0.15, 0.2) is 6.29 Å². The Hall–Kier alpha value is -1.42. The van der Waals surface area contributed by atoms with Crippen molar-refractivity contribution in [2.75, 3.05) is 0 Å². The van der Waals surface area contributed by atoms with E-state index >= 15 is 0 Å². The van der Waals surface area contributed by atoms with Crippen molar-refractivity contribution in [1.82, 2.24) is 9.78 Å². The first-order valence-electron chi connectivity index (χ1n) is 5.96. The summed E-state index contributed by atoms with van der Waals surface area (Å²) in [4.78, 5) is 11.1. The zero-order valence-electron chi connectivity index (χ0n) is 10.4. The molecule has 0 aliphatic heterocycles. The van der Waals surface area contributed by atoms with Crippen LogP contribution < -0.4 is 0 Å². The molecule has 0 saturated heterocycles. The van der Waals surface area contributed by atoms with E-state index in [-0.39, 0.29) is 0 Å². The molecular formula is C14H15BrN2O. The molecule has 0 aliphatic carbocycles. The lowest BCUT2D eigenvalue weighted by atomic mass is 10.1. The number of aldehydes is 1. The van der Waals surface area contributed by atoms with Gasteiger partial charge in [-0.15, -0.1) is 0 Å². The standard InChI is InChI=1S/C14H15BrN2O/c1-3-10(2)17-8-12(9-18)14(16-17)11-5-4-6-13(15)7-11/h4-10H,3H2,1-2H3. The molecule has 2 rings (SSSR count). The largest absolute Gasteiger partial charge is 0.298 e. The van der Waals surface area contributed by atoms with Gasteiger partial charge in [0.05, 0.1) is 5.56 Å². The Kier molecular flexibility index (Phi) is 3.97. The van der Waals surface area contributed by atoms with Crippen LogP contribution in [0.3, 0.4) is 0 Å². The first-order chi connectivity index (χ1) is 8.65. The summed E-state index contributed by atoms with van der Waals surface area (Å²) in [5.74, 6) is 0. The van der Waals surface area contributed by atoms with Crippen LogP contribution in [0.25, 0.3) is 11.3 Å². The van der Waals surface area contributed by atoms with E-state index in [0.717, 1.165) is 28.4 Å². The van der Waals surface area contributed by atoms with Crippen molar-refractivity contribution in [1.29, 1.82) is 0 Å². The number of rotatable bonds is 4. The molecule has 0 bridgehead atoms. The molecule has 0 fully saturated rings. The molecule has 2 aromatic rings. The highest BCUT2D eigenvalue weighted by molar-refractivity contribution is 9.10. The predicted molar refractivity (Wildman–Crippen MR) is 75.8 cm³/mol. The van der Waals surface area contributed by atoms with Gasteiger partial charge in [0, 0.05) is 22.3 Å². The molecule has 0 radical (unpaired) electrons. The van der Waals surface area contributed by atoms with Gasteiger partial charge in [-0.05, 0) is 25.5 Å². The summed E-state index contributed by atoms with van der Waals surface area (Å²) in [6, 6.07) is 8.12. The average molecular weight is 307 g/mol. The minimum absolute atomic E-state index is 0.296. The quantitative estimate of drug-likeness (QED) is 0.797. The van der Waals surface area contributed by atoms with Crippen LogP contribution in [0.1, 0.15) is 36.7 Å². The molecule has 0 N–H and O–H groups in total. The number of aromatic nitrogens is 2. The second-order valence-corrected chi connectivity index (χ2v) is 5.21. The summed E-state index contributed by atoms with van der Waals surface area (Å²) in [6.07, 6.45) is 3.66. The van der Waals surface area contributed by atoms with E-state index < -0.39 is 0 Å². The van der Waals surface area contributed by atoms with Gasteiger partial charge >= 0.3 is 0 Å². The van der Waals surface area contributed by atoms with Crippen LogP contribution in [-0.2, 0) is 0 Å². The van der Waals surface area contributed by atoms with E-state index in [9.17, 15) is 4.79 Å². The van der Waals surface area contributed by atoms with Crippen LogP contribution in [-0.4, -0.2) is 16.1 Å². The van der Waals surface area contributed by atoms with Crippen molar-refractivity contribution >= 4 is 22.2 Å². The number of carbonyl (C=O) groups excluding carboxylic acids is 1. The van der Waals surface area contributed by atoms with E-state index in [0.29, 0.717) is 11.6 Å². The number of nitrogens with zero attached hydrogens (tertiary/aromatic N) is 2.